The Morgan fingerprint density at radius 1 is 1.62 bits per heavy atom. The van der Waals surface area contributed by atoms with Gasteiger partial charge in [-0.25, -0.2) is 0 Å². The van der Waals surface area contributed by atoms with E-state index < -0.39 is 0 Å². The molecule has 90 valence electrons. The van der Waals surface area contributed by atoms with Gasteiger partial charge in [-0.15, -0.1) is 0 Å². The number of nitrogens with zero attached hydrogens (tertiary/aromatic N) is 3. The van der Waals surface area contributed by atoms with Crippen LogP contribution in [-0.2, 0) is 0 Å². The molecular formula is C12H22N4. The summed E-state index contributed by atoms with van der Waals surface area (Å²) in [5, 5.41) is 4.51. The summed E-state index contributed by atoms with van der Waals surface area (Å²) in [4.78, 5) is 2.50. The van der Waals surface area contributed by atoms with Gasteiger partial charge in [-0.2, -0.15) is 5.10 Å². The molecule has 0 amide bonds. The SMILES string of the molecule is Cc1ccn([C@H](C)[C@@H]2CCCN2CCN)n1. The highest BCUT2D eigenvalue weighted by Crippen LogP contribution is 2.26. The minimum absolute atomic E-state index is 0.447. The van der Waals surface area contributed by atoms with E-state index in [2.05, 4.69) is 33.9 Å². The number of likely N-dealkylation sites (tertiary alicyclic amines) is 1. The summed E-state index contributed by atoms with van der Waals surface area (Å²) >= 11 is 0. The summed E-state index contributed by atoms with van der Waals surface area (Å²) in [5.41, 5.74) is 6.74. The molecule has 0 unspecified atom stereocenters. The maximum atomic E-state index is 5.65. The van der Waals surface area contributed by atoms with Crippen molar-refractivity contribution in [2.75, 3.05) is 19.6 Å². The molecule has 1 fully saturated rings. The molecule has 1 saturated heterocycles. The largest absolute Gasteiger partial charge is 0.329 e. The monoisotopic (exact) mass is 222 g/mol. The van der Waals surface area contributed by atoms with Crippen LogP contribution in [0.15, 0.2) is 12.3 Å². The highest BCUT2D eigenvalue weighted by atomic mass is 15.3. The first kappa shape index (κ1) is 11.6. The zero-order chi connectivity index (χ0) is 11.5. The predicted molar refractivity (Wildman–Crippen MR) is 65.3 cm³/mol. The minimum Gasteiger partial charge on any atom is -0.329 e. The molecule has 4 heteroatoms. The average molecular weight is 222 g/mol. The van der Waals surface area contributed by atoms with Gasteiger partial charge in [0.25, 0.3) is 0 Å². The molecule has 0 saturated carbocycles. The quantitative estimate of drug-likeness (QED) is 0.832. The number of aryl methyl sites for hydroxylation is 1. The van der Waals surface area contributed by atoms with Gasteiger partial charge in [0, 0.05) is 25.3 Å². The van der Waals surface area contributed by atoms with E-state index in [1.165, 1.54) is 19.4 Å². The maximum Gasteiger partial charge on any atom is 0.0646 e. The summed E-state index contributed by atoms with van der Waals surface area (Å²) in [5.74, 6) is 0. The van der Waals surface area contributed by atoms with Crippen molar-refractivity contribution in [3.8, 4) is 0 Å². The lowest BCUT2D eigenvalue weighted by molar-refractivity contribution is 0.196. The van der Waals surface area contributed by atoms with Crippen molar-refractivity contribution in [3.63, 3.8) is 0 Å². The van der Waals surface area contributed by atoms with Crippen LogP contribution in [0.3, 0.4) is 0 Å². The van der Waals surface area contributed by atoms with Crippen LogP contribution >= 0.6 is 0 Å². The van der Waals surface area contributed by atoms with Gasteiger partial charge in [-0.05, 0) is 39.3 Å². The van der Waals surface area contributed by atoms with Crippen LogP contribution in [0.4, 0.5) is 0 Å². The number of hydrogen-bond acceptors (Lipinski definition) is 3. The zero-order valence-corrected chi connectivity index (χ0v) is 10.3. The van der Waals surface area contributed by atoms with Crippen LogP contribution in [0.1, 0.15) is 31.5 Å². The van der Waals surface area contributed by atoms with Crippen molar-refractivity contribution >= 4 is 0 Å². The maximum absolute atomic E-state index is 5.65. The second kappa shape index (κ2) is 4.97. The summed E-state index contributed by atoms with van der Waals surface area (Å²) in [6.45, 7) is 7.24. The van der Waals surface area contributed by atoms with Crippen LogP contribution in [0.2, 0.25) is 0 Å². The van der Waals surface area contributed by atoms with Gasteiger partial charge in [0.15, 0.2) is 0 Å². The van der Waals surface area contributed by atoms with E-state index in [4.69, 9.17) is 5.73 Å². The Bertz CT molecular complexity index is 334. The van der Waals surface area contributed by atoms with Crippen molar-refractivity contribution in [2.24, 2.45) is 5.73 Å². The van der Waals surface area contributed by atoms with Gasteiger partial charge in [0.05, 0.1) is 11.7 Å². The third-order valence-electron chi connectivity index (χ3n) is 3.55. The van der Waals surface area contributed by atoms with Crippen LogP contribution < -0.4 is 5.73 Å². The predicted octanol–water partition coefficient (Wildman–Crippen LogP) is 1.18. The molecule has 2 heterocycles. The van der Waals surface area contributed by atoms with Gasteiger partial charge in [-0.1, -0.05) is 0 Å². The van der Waals surface area contributed by atoms with Crippen molar-refractivity contribution in [3.05, 3.63) is 18.0 Å². The minimum atomic E-state index is 0.447. The third kappa shape index (κ3) is 2.28. The van der Waals surface area contributed by atoms with E-state index in [9.17, 15) is 0 Å². The molecule has 1 aliphatic rings. The topological polar surface area (TPSA) is 47.1 Å². The lowest BCUT2D eigenvalue weighted by atomic mass is 10.1. The van der Waals surface area contributed by atoms with Crippen molar-refractivity contribution in [1.82, 2.24) is 14.7 Å². The molecule has 0 radical (unpaired) electrons. The Morgan fingerprint density at radius 2 is 2.44 bits per heavy atom. The van der Waals surface area contributed by atoms with E-state index in [0.717, 1.165) is 18.8 Å². The van der Waals surface area contributed by atoms with Crippen LogP contribution in [0, 0.1) is 6.92 Å². The first-order valence-electron chi connectivity index (χ1n) is 6.18. The average Bonchev–Trinajstić information content (AvgIpc) is 2.87. The van der Waals surface area contributed by atoms with Crippen molar-refractivity contribution in [1.29, 1.82) is 0 Å². The van der Waals surface area contributed by atoms with E-state index >= 15 is 0 Å². The van der Waals surface area contributed by atoms with Gasteiger partial charge >= 0.3 is 0 Å². The Balaban J connectivity index is 2.05. The van der Waals surface area contributed by atoms with E-state index in [1.807, 2.05) is 6.92 Å². The van der Waals surface area contributed by atoms with Crippen LogP contribution in [0.25, 0.3) is 0 Å². The highest BCUT2D eigenvalue weighted by molar-refractivity contribution is 4.97. The number of hydrogen-bond donors (Lipinski definition) is 1. The molecule has 2 atom stereocenters. The zero-order valence-electron chi connectivity index (χ0n) is 10.3. The second-order valence-electron chi connectivity index (χ2n) is 4.71. The first-order valence-corrected chi connectivity index (χ1v) is 6.18. The molecule has 2 rings (SSSR count). The van der Waals surface area contributed by atoms with Gasteiger partial charge in [0.2, 0.25) is 0 Å². The van der Waals surface area contributed by atoms with Gasteiger partial charge < -0.3 is 5.73 Å². The molecule has 1 aromatic rings. The molecule has 0 aromatic carbocycles. The fourth-order valence-electron chi connectivity index (χ4n) is 2.68. The van der Waals surface area contributed by atoms with Gasteiger partial charge in [0.1, 0.15) is 0 Å². The molecule has 0 aliphatic carbocycles. The van der Waals surface area contributed by atoms with Crippen molar-refractivity contribution in [2.45, 2.75) is 38.8 Å². The normalized spacial score (nSPS) is 23.8. The molecule has 1 aromatic heterocycles. The molecule has 0 bridgehead atoms. The molecule has 4 nitrogen and oxygen atoms in total. The Labute approximate surface area is 97.4 Å². The lowest BCUT2D eigenvalue weighted by Crippen LogP contribution is -2.38. The highest BCUT2D eigenvalue weighted by Gasteiger charge is 2.29. The van der Waals surface area contributed by atoms with Gasteiger partial charge in [-0.3, -0.25) is 9.58 Å². The standard InChI is InChI=1S/C12H22N4/c1-10-5-8-16(14-10)11(2)12-4-3-7-15(12)9-6-13/h5,8,11-12H,3-4,6-7,9,13H2,1-2H3/t11-,12+/m1/s1. The molecule has 0 spiro atoms. The molecule has 1 aliphatic heterocycles. The van der Waals surface area contributed by atoms with Crippen LogP contribution in [-0.4, -0.2) is 40.4 Å². The Morgan fingerprint density at radius 3 is 3.06 bits per heavy atom. The molecular weight excluding hydrogens is 200 g/mol. The molecule has 16 heavy (non-hydrogen) atoms. The van der Waals surface area contributed by atoms with E-state index in [-0.39, 0.29) is 0 Å². The van der Waals surface area contributed by atoms with Crippen molar-refractivity contribution < 1.29 is 0 Å². The molecule has 2 N–H and O–H groups in total. The smallest absolute Gasteiger partial charge is 0.0646 e. The summed E-state index contributed by atoms with van der Waals surface area (Å²) in [7, 11) is 0. The summed E-state index contributed by atoms with van der Waals surface area (Å²) in [6, 6.07) is 3.12. The lowest BCUT2D eigenvalue weighted by Gasteiger charge is -2.29. The third-order valence-corrected chi connectivity index (χ3v) is 3.55. The Hall–Kier alpha value is -0.870. The second-order valence-corrected chi connectivity index (χ2v) is 4.71. The number of nitrogens with two attached hydrogens (primary N) is 1. The van der Waals surface area contributed by atoms with E-state index in [0.29, 0.717) is 12.1 Å². The summed E-state index contributed by atoms with van der Waals surface area (Å²) < 4.78 is 2.09. The fourth-order valence-corrected chi connectivity index (χ4v) is 2.68. The Kier molecular flexibility index (Phi) is 3.61. The number of rotatable bonds is 4. The number of aromatic nitrogens is 2. The van der Waals surface area contributed by atoms with Crippen LogP contribution in [0.5, 0.6) is 0 Å². The van der Waals surface area contributed by atoms with E-state index in [1.54, 1.807) is 0 Å². The summed E-state index contributed by atoms with van der Waals surface area (Å²) in [6.07, 6.45) is 4.63. The fraction of sp³-hybridized carbons (Fsp3) is 0.750. The first-order chi connectivity index (χ1) is 7.72.